The van der Waals surface area contributed by atoms with Gasteiger partial charge >= 0.3 is 5.95 Å². The molecule has 0 aliphatic carbocycles. The number of imidazole rings is 2. The van der Waals surface area contributed by atoms with Crippen molar-refractivity contribution in [3.05, 3.63) is 84.2 Å². The number of rotatable bonds is 6. The molecule has 6 heteroatoms. The van der Waals surface area contributed by atoms with Crippen molar-refractivity contribution in [2.24, 2.45) is 14.1 Å². The van der Waals surface area contributed by atoms with Crippen LogP contribution in [0.2, 0.25) is 0 Å². The lowest BCUT2D eigenvalue weighted by atomic mass is 9.92. The van der Waals surface area contributed by atoms with E-state index in [1.54, 1.807) is 0 Å². The summed E-state index contributed by atoms with van der Waals surface area (Å²) in [5, 5.41) is 0. The molecule has 0 saturated heterocycles. The van der Waals surface area contributed by atoms with Gasteiger partial charge in [0.1, 0.15) is 23.4 Å². The fraction of sp³-hybridized carbons (Fsp3) is 0.419. The highest BCUT2D eigenvalue weighted by Gasteiger charge is 2.49. The number of hydrogen-bond donors (Lipinski definition) is 0. The van der Waals surface area contributed by atoms with Gasteiger partial charge in [0.05, 0.1) is 24.5 Å². The number of fused-ring (bicyclic) bond motifs is 1. The topological polar surface area (TPSA) is 33.1 Å². The van der Waals surface area contributed by atoms with Crippen LogP contribution in [0.25, 0.3) is 5.69 Å². The van der Waals surface area contributed by atoms with Crippen LogP contribution in [0.15, 0.2) is 67.3 Å². The first-order valence-electron chi connectivity index (χ1n) is 13.4. The average molecular weight is 498 g/mol. The molecule has 1 aliphatic rings. The maximum atomic E-state index is 4.76. The lowest BCUT2D eigenvalue weighted by Gasteiger charge is -2.39. The summed E-state index contributed by atoms with van der Waals surface area (Å²) in [5.41, 5.74) is 6.15. The SMILES string of the molecule is CC(C)c1cccc(C(C)C)c1-n1cc[n+](C)c1N1c2ccccc2N(C(C)(C)c2nccn2C)[C@@H]1C. The van der Waals surface area contributed by atoms with Crippen LogP contribution in [-0.4, -0.2) is 20.3 Å². The molecular weight excluding hydrogens is 456 g/mol. The van der Waals surface area contributed by atoms with Crippen molar-refractivity contribution in [2.45, 2.75) is 72.0 Å². The summed E-state index contributed by atoms with van der Waals surface area (Å²) in [6.07, 6.45) is 8.40. The third-order valence-corrected chi connectivity index (χ3v) is 7.89. The van der Waals surface area contributed by atoms with Crippen LogP contribution in [0.5, 0.6) is 0 Å². The molecule has 0 spiro atoms. The number of aromatic nitrogens is 4. The van der Waals surface area contributed by atoms with Gasteiger partial charge in [-0.3, -0.25) is 0 Å². The normalized spacial score (nSPS) is 15.8. The zero-order valence-corrected chi connectivity index (χ0v) is 23.8. The van der Waals surface area contributed by atoms with Crippen molar-refractivity contribution < 1.29 is 4.57 Å². The molecule has 6 nitrogen and oxygen atoms in total. The van der Waals surface area contributed by atoms with E-state index in [1.165, 1.54) is 28.2 Å². The van der Waals surface area contributed by atoms with Crippen LogP contribution in [0.3, 0.4) is 0 Å². The zero-order valence-electron chi connectivity index (χ0n) is 23.8. The second kappa shape index (κ2) is 9.09. The van der Waals surface area contributed by atoms with Crippen molar-refractivity contribution in [2.75, 3.05) is 9.80 Å². The van der Waals surface area contributed by atoms with Gasteiger partial charge < -0.3 is 9.47 Å². The lowest BCUT2D eigenvalue weighted by Crippen LogP contribution is -2.52. The van der Waals surface area contributed by atoms with Gasteiger partial charge in [0.25, 0.3) is 0 Å². The van der Waals surface area contributed by atoms with Crippen molar-refractivity contribution in [1.82, 2.24) is 14.1 Å². The highest BCUT2D eigenvalue weighted by molar-refractivity contribution is 5.82. The van der Waals surface area contributed by atoms with Crippen LogP contribution >= 0.6 is 0 Å². The molecule has 0 unspecified atom stereocenters. The van der Waals surface area contributed by atoms with Crippen LogP contribution in [-0.2, 0) is 19.6 Å². The lowest BCUT2D eigenvalue weighted by molar-refractivity contribution is -0.657. The van der Waals surface area contributed by atoms with E-state index in [2.05, 4.69) is 141 Å². The molecule has 0 saturated carbocycles. The van der Waals surface area contributed by atoms with E-state index in [0.29, 0.717) is 11.8 Å². The summed E-state index contributed by atoms with van der Waals surface area (Å²) in [4.78, 5) is 9.77. The fourth-order valence-corrected chi connectivity index (χ4v) is 6.22. The van der Waals surface area contributed by atoms with Gasteiger partial charge in [0.15, 0.2) is 6.17 Å². The molecule has 4 aromatic rings. The molecule has 1 aliphatic heterocycles. The molecule has 37 heavy (non-hydrogen) atoms. The highest BCUT2D eigenvalue weighted by Crippen LogP contribution is 2.49. The minimum atomic E-state index is -0.322. The summed E-state index contributed by atoms with van der Waals surface area (Å²) in [6.45, 7) is 16.0. The predicted octanol–water partition coefficient (Wildman–Crippen LogP) is 6.52. The van der Waals surface area contributed by atoms with E-state index in [0.717, 1.165) is 11.8 Å². The van der Waals surface area contributed by atoms with Gasteiger partial charge in [0, 0.05) is 19.4 Å². The van der Waals surface area contributed by atoms with E-state index in [4.69, 9.17) is 4.98 Å². The number of benzene rings is 2. The van der Waals surface area contributed by atoms with Crippen LogP contribution in [0, 0.1) is 0 Å². The Morgan fingerprint density at radius 3 is 2.08 bits per heavy atom. The second-order valence-electron chi connectivity index (χ2n) is 11.5. The number of para-hydroxylation sites is 3. The molecule has 0 bridgehead atoms. The molecule has 5 rings (SSSR count). The van der Waals surface area contributed by atoms with E-state index in [-0.39, 0.29) is 11.7 Å². The van der Waals surface area contributed by atoms with Crippen LogP contribution < -0.4 is 14.4 Å². The first-order valence-corrected chi connectivity index (χ1v) is 13.4. The smallest absolute Gasteiger partial charge is 0.336 e. The Balaban J connectivity index is 1.73. The quantitative estimate of drug-likeness (QED) is 0.284. The minimum Gasteiger partial charge on any atom is -0.336 e. The molecule has 0 radical (unpaired) electrons. The van der Waals surface area contributed by atoms with Gasteiger partial charge in [-0.2, -0.15) is 0 Å². The van der Waals surface area contributed by atoms with E-state index < -0.39 is 0 Å². The summed E-state index contributed by atoms with van der Waals surface area (Å²) in [7, 11) is 4.23. The van der Waals surface area contributed by atoms with Crippen molar-refractivity contribution >= 4 is 17.3 Å². The third-order valence-electron chi connectivity index (χ3n) is 7.89. The largest absolute Gasteiger partial charge is 0.371 e. The molecular formula is C31H41N6+. The van der Waals surface area contributed by atoms with E-state index >= 15 is 0 Å². The van der Waals surface area contributed by atoms with Crippen molar-refractivity contribution in [3.63, 3.8) is 0 Å². The van der Waals surface area contributed by atoms with Gasteiger partial charge in [-0.05, 0) is 55.9 Å². The Morgan fingerprint density at radius 1 is 0.892 bits per heavy atom. The van der Waals surface area contributed by atoms with Gasteiger partial charge in [-0.1, -0.05) is 58.0 Å². The first-order chi connectivity index (χ1) is 17.6. The van der Waals surface area contributed by atoms with Gasteiger partial charge in [-0.25, -0.2) is 19.0 Å². The predicted molar refractivity (Wildman–Crippen MR) is 152 cm³/mol. The number of aryl methyl sites for hydroxylation is 2. The standard InChI is InChI=1S/C31H41N6/c1-21(2)24-13-12-14-25(22(3)4)28(24)35-20-19-34(9)30(35)36-23(5)37(27-16-11-10-15-26(27)36)31(6,7)29-32-17-18-33(29)8/h10-23H,1-9H3/q+1/t23-/m1/s1. The van der Waals surface area contributed by atoms with Crippen molar-refractivity contribution in [1.29, 1.82) is 0 Å². The molecule has 0 fully saturated rings. The van der Waals surface area contributed by atoms with Crippen molar-refractivity contribution in [3.8, 4) is 5.69 Å². The fourth-order valence-electron chi connectivity index (χ4n) is 6.22. The zero-order chi connectivity index (χ0) is 26.6. The maximum absolute atomic E-state index is 4.76. The minimum absolute atomic E-state index is 0.0673. The highest BCUT2D eigenvalue weighted by atomic mass is 15.5. The molecule has 2 aromatic heterocycles. The van der Waals surface area contributed by atoms with Crippen LogP contribution in [0.4, 0.5) is 17.3 Å². The molecule has 2 aromatic carbocycles. The summed E-state index contributed by atoms with van der Waals surface area (Å²) in [5.74, 6) is 3.02. The van der Waals surface area contributed by atoms with Gasteiger partial charge in [-0.15, -0.1) is 0 Å². The van der Waals surface area contributed by atoms with E-state index in [9.17, 15) is 0 Å². The molecule has 1 atom stereocenters. The third kappa shape index (κ3) is 3.85. The number of hydrogen-bond acceptors (Lipinski definition) is 3. The Kier molecular flexibility index (Phi) is 6.17. The van der Waals surface area contributed by atoms with Gasteiger partial charge in [0.2, 0.25) is 0 Å². The average Bonchev–Trinajstić information content (AvgIpc) is 3.53. The molecule has 0 amide bonds. The second-order valence-corrected chi connectivity index (χ2v) is 11.5. The first kappa shape index (κ1) is 25.1. The Morgan fingerprint density at radius 2 is 1.51 bits per heavy atom. The maximum Gasteiger partial charge on any atom is 0.371 e. The Hall–Kier alpha value is -3.54. The summed E-state index contributed by atoms with van der Waals surface area (Å²) < 4.78 is 6.80. The molecule has 3 heterocycles. The van der Waals surface area contributed by atoms with E-state index in [1.807, 2.05) is 12.4 Å². The summed E-state index contributed by atoms with van der Waals surface area (Å²) >= 11 is 0. The number of anilines is 3. The number of nitrogens with zero attached hydrogens (tertiary/aromatic N) is 6. The van der Waals surface area contributed by atoms with Crippen LogP contribution in [0.1, 0.15) is 77.3 Å². The Bertz CT molecular complexity index is 1400. The Labute approximate surface area is 221 Å². The monoisotopic (exact) mass is 497 g/mol. The summed E-state index contributed by atoms with van der Waals surface area (Å²) in [6, 6.07) is 15.6. The molecule has 0 N–H and O–H groups in total. The molecule has 194 valence electrons.